The lowest BCUT2D eigenvalue weighted by Crippen LogP contribution is -2.59. The molecule has 6 nitrogen and oxygen atoms in total. The molecular formula is C11H20N2O4. The van der Waals surface area contributed by atoms with Crippen molar-refractivity contribution in [2.75, 3.05) is 26.7 Å². The summed E-state index contributed by atoms with van der Waals surface area (Å²) in [5.74, 6) is -0.770. The van der Waals surface area contributed by atoms with Crippen LogP contribution in [0.5, 0.6) is 0 Å². The number of nitrogens with zero attached hydrogens (tertiary/aromatic N) is 2. The smallest absolute Gasteiger partial charge is 0.320 e. The fourth-order valence-corrected chi connectivity index (χ4v) is 1.68. The molecule has 0 saturated carbocycles. The summed E-state index contributed by atoms with van der Waals surface area (Å²) in [6, 6.07) is -0.161. The number of hydrogen-bond donors (Lipinski definition) is 2. The van der Waals surface area contributed by atoms with Crippen molar-refractivity contribution in [3.8, 4) is 0 Å². The average molecular weight is 244 g/mol. The molecule has 0 aromatic rings. The van der Waals surface area contributed by atoms with Gasteiger partial charge >= 0.3 is 12.0 Å². The van der Waals surface area contributed by atoms with E-state index in [1.807, 2.05) is 0 Å². The second-order valence-corrected chi connectivity index (χ2v) is 5.18. The number of aliphatic hydroxyl groups excluding tert-OH is 1. The summed E-state index contributed by atoms with van der Waals surface area (Å²) in [5, 5.41) is 17.8. The summed E-state index contributed by atoms with van der Waals surface area (Å²) in [5.41, 5.74) is -0.602. The molecule has 17 heavy (non-hydrogen) atoms. The molecule has 1 fully saturated rings. The van der Waals surface area contributed by atoms with Crippen molar-refractivity contribution in [3.63, 3.8) is 0 Å². The van der Waals surface area contributed by atoms with Gasteiger partial charge in [0.2, 0.25) is 0 Å². The summed E-state index contributed by atoms with van der Waals surface area (Å²) < 4.78 is 0. The Labute approximate surface area is 101 Å². The molecule has 1 heterocycles. The molecule has 0 aliphatic carbocycles. The fraction of sp³-hybridized carbons (Fsp3) is 0.818. The zero-order valence-electron chi connectivity index (χ0n) is 10.5. The molecule has 2 amide bonds. The highest BCUT2D eigenvalue weighted by atomic mass is 16.4. The first-order chi connectivity index (χ1) is 7.77. The molecule has 0 atom stereocenters. The maximum atomic E-state index is 12.0. The van der Waals surface area contributed by atoms with Gasteiger partial charge in [0.05, 0.1) is 18.6 Å². The summed E-state index contributed by atoms with van der Waals surface area (Å²) in [6.45, 7) is 4.41. The Morgan fingerprint density at radius 1 is 1.41 bits per heavy atom. The Balaban J connectivity index is 2.44. The van der Waals surface area contributed by atoms with Gasteiger partial charge in [-0.15, -0.1) is 0 Å². The zero-order chi connectivity index (χ0) is 13.2. The molecule has 0 unspecified atom stereocenters. The van der Waals surface area contributed by atoms with Crippen molar-refractivity contribution in [2.45, 2.75) is 25.8 Å². The maximum absolute atomic E-state index is 12.0. The number of likely N-dealkylation sites (N-methyl/N-ethyl adjacent to an activating group) is 1. The van der Waals surface area contributed by atoms with E-state index in [0.717, 1.165) is 0 Å². The number of likely N-dealkylation sites (tertiary alicyclic amines) is 1. The lowest BCUT2D eigenvalue weighted by molar-refractivity contribution is -0.139. The number of carboxylic acids is 1. The molecule has 2 N–H and O–H groups in total. The van der Waals surface area contributed by atoms with Crippen LogP contribution in [0.3, 0.4) is 0 Å². The third-order valence-corrected chi connectivity index (χ3v) is 3.27. The standard InChI is InChI=1S/C11H20N2O4/c1-11(2,7-14)12(3)10(17)13-5-8(6-13)4-9(15)16/h8,14H,4-7H2,1-3H3,(H,15,16). The van der Waals surface area contributed by atoms with E-state index in [2.05, 4.69) is 0 Å². The fourth-order valence-electron chi connectivity index (χ4n) is 1.68. The van der Waals surface area contributed by atoms with E-state index in [1.54, 1.807) is 25.8 Å². The minimum absolute atomic E-state index is 0.0575. The second kappa shape index (κ2) is 4.91. The van der Waals surface area contributed by atoms with E-state index < -0.39 is 11.5 Å². The normalized spacial score (nSPS) is 16.6. The van der Waals surface area contributed by atoms with Crippen LogP contribution in [0.4, 0.5) is 4.79 Å². The van der Waals surface area contributed by atoms with Gasteiger partial charge in [-0.3, -0.25) is 4.79 Å². The molecule has 1 aliphatic heterocycles. The average Bonchev–Trinajstić information content (AvgIpc) is 2.20. The lowest BCUT2D eigenvalue weighted by atomic mass is 9.96. The van der Waals surface area contributed by atoms with Crippen molar-refractivity contribution in [1.29, 1.82) is 0 Å². The van der Waals surface area contributed by atoms with Crippen LogP contribution in [0.25, 0.3) is 0 Å². The SMILES string of the molecule is CN(C(=O)N1CC(CC(=O)O)C1)C(C)(C)CO. The van der Waals surface area contributed by atoms with Gasteiger partial charge in [0.1, 0.15) is 0 Å². The lowest BCUT2D eigenvalue weighted by Gasteiger charge is -2.44. The molecule has 0 aromatic carbocycles. The Morgan fingerprint density at radius 2 is 1.94 bits per heavy atom. The van der Waals surface area contributed by atoms with Gasteiger partial charge in [0, 0.05) is 26.1 Å². The molecule has 98 valence electrons. The van der Waals surface area contributed by atoms with Crippen LogP contribution in [0.1, 0.15) is 20.3 Å². The highest BCUT2D eigenvalue weighted by Crippen LogP contribution is 2.22. The number of hydrogen-bond acceptors (Lipinski definition) is 3. The van der Waals surface area contributed by atoms with Gasteiger partial charge in [-0.1, -0.05) is 0 Å². The number of urea groups is 1. The van der Waals surface area contributed by atoms with Crippen molar-refractivity contribution in [2.24, 2.45) is 5.92 Å². The van der Waals surface area contributed by atoms with Crippen LogP contribution < -0.4 is 0 Å². The van der Waals surface area contributed by atoms with Crippen molar-refractivity contribution in [3.05, 3.63) is 0 Å². The van der Waals surface area contributed by atoms with Gasteiger partial charge in [-0.05, 0) is 13.8 Å². The molecule has 6 heteroatoms. The van der Waals surface area contributed by atoms with Crippen LogP contribution in [0, 0.1) is 5.92 Å². The number of carbonyl (C=O) groups is 2. The van der Waals surface area contributed by atoms with Gasteiger partial charge in [-0.2, -0.15) is 0 Å². The summed E-state index contributed by atoms with van der Waals surface area (Å²) in [4.78, 5) is 25.5. The van der Waals surface area contributed by atoms with E-state index in [0.29, 0.717) is 13.1 Å². The molecule has 0 spiro atoms. The molecule has 1 saturated heterocycles. The largest absolute Gasteiger partial charge is 0.481 e. The molecule has 0 aromatic heterocycles. The van der Waals surface area contributed by atoms with Gasteiger partial charge in [0.25, 0.3) is 0 Å². The van der Waals surface area contributed by atoms with E-state index in [9.17, 15) is 9.59 Å². The number of rotatable bonds is 4. The zero-order valence-corrected chi connectivity index (χ0v) is 10.5. The first-order valence-corrected chi connectivity index (χ1v) is 5.63. The number of amides is 2. The Hall–Kier alpha value is -1.30. The van der Waals surface area contributed by atoms with Crippen molar-refractivity contribution < 1.29 is 19.8 Å². The van der Waals surface area contributed by atoms with Gasteiger partial charge < -0.3 is 20.0 Å². The van der Waals surface area contributed by atoms with E-state index in [4.69, 9.17) is 10.2 Å². The predicted molar refractivity (Wildman–Crippen MR) is 61.6 cm³/mol. The number of carbonyl (C=O) groups excluding carboxylic acids is 1. The third-order valence-electron chi connectivity index (χ3n) is 3.27. The topological polar surface area (TPSA) is 81.1 Å². The summed E-state index contributed by atoms with van der Waals surface area (Å²) >= 11 is 0. The van der Waals surface area contributed by atoms with Crippen molar-refractivity contribution >= 4 is 12.0 Å². The van der Waals surface area contributed by atoms with Gasteiger partial charge in [0.15, 0.2) is 0 Å². The van der Waals surface area contributed by atoms with Gasteiger partial charge in [-0.25, -0.2) is 4.79 Å². The Kier molecular flexibility index (Phi) is 3.98. The first-order valence-electron chi connectivity index (χ1n) is 5.63. The van der Waals surface area contributed by atoms with Crippen LogP contribution >= 0.6 is 0 Å². The Bertz CT molecular complexity index is 311. The van der Waals surface area contributed by atoms with E-state index >= 15 is 0 Å². The quantitative estimate of drug-likeness (QED) is 0.741. The van der Waals surface area contributed by atoms with E-state index in [1.165, 1.54) is 4.90 Å². The minimum atomic E-state index is -0.828. The van der Waals surface area contributed by atoms with E-state index in [-0.39, 0.29) is 25.0 Å². The summed E-state index contributed by atoms with van der Waals surface area (Å²) in [7, 11) is 1.64. The third kappa shape index (κ3) is 3.09. The monoisotopic (exact) mass is 244 g/mol. The van der Waals surface area contributed by atoms with Crippen LogP contribution in [-0.2, 0) is 4.79 Å². The first kappa shape index (κ1) is 13.8. The molecule has 1 aliphatic rings. The van der Waals surface area contributed by atoms with Crippen LogP contribution in [0.2, 0.25) is 0 Å². The number of aliphatic carboxylic acids is 1. The minimum Gasteiger partial charge on any atom is -0.481 e. The van der Waals surface area contributed by atoms with Crippen LogP contribution in [-0.4, -0.2) is 64.3 Å². The highest BCUT2D eigenvalue weighted by Gasteiger charge is 2.37. The molecule has 1 rings (SSSR count). The summed E-state index contributed by atoms with van der Waals surface area (Å²) in [6.07, 6.45) is 0.108. The molecule has 0 radical (unpaired) electrons. The van der Waals surface area contributed by atoms with Crippen LogP contribution in [0.15, 0.2) is 0 Å². The second-order valence-electron chi connectivity index (χ2n) is 5.18. The van der Waals surface area contributed by atoms with Crippen molar-refractivity contribution in [1.82, 2.24) is 9.80 Å². The number of carboxylic acid groups (broad SMARTS) is 1. The highest BCUT2D eigenvalue weighted by molar-refractivity contribution is 5.76. The molecular weight excluding hydrogens is 224 g/mol. The Morgan fingerprint density at radius 3 is 2.35 bits per heavy atom. The predicted octanol–water partition coefficient (Wildman–Crippen LogP) is 0.216. The maximum Gasteiger partial charge on any atom is 0.320 e. The number of aliphatic hydroxyl groups is 1. The molecule has 0 bridgehead atoms.